The lowest BCUT2D eigenvalue weighted by Crippen LogP contribution is -2.47. The third kappa shape index (κ3) is 1.97. The molecule has 4 aliphatic carbocycles. The Morgan fingerprint density at radius 1 is 1.20 bits per heavy atom. The zero-order valence-electron chi connectivity index (χ0n) is 12.8. The summed E-state index contributed by atoms with van der Waals surface area (Å²) in [6.07, 6.45) is 7.58. The van der Waals surface area contributed by atoms with Gasteiger partial charge in [0.2, 0.25) is 0 Å². The maximum Gasteiger partial charge on any atom is 0.121 e. The highest BCUT2D eigenvalue weighted by molar-refractivity contribution is 5.30. The number of nitrogen functional groups attached to an aromatic ring is 1. The summed E-state index contributed by atoms with van der Waals surface area (Å²) in [6, 6.07) is 1.99. The van der Waals surface area contributed by atoms with E-state index in [2.05, 4.69) is 12.0 Å². The molecule has 1 aromatic heterocycles. The summed E-state index contributed by atoms with van der Waals surface area (Å²) in [7, 11) is 0. The first-order valence-electron chi connectivity index (χ1n) is 8.40. The molecule has 5 rings (SSSR count). The van der Waals surface area contributed by atoms with E-state index in [1.54, 1.807) is 6.42 Å². The topological polar surface area (TPSA) is 43.8 Å². The Balaban J connectivity index is 1.51. The van der Waals surface area contributed by atoms with Crippen LogP contribution in [0.25, 0.3) is 0 Å². The predicted molar refractivity (Wildman–Crippen MR) is 81.1 cm³/mol. The van der Waals surface area contributed by atoms with Gasteiger partial charge in [0.25, 0.3) is 0 Å². The van der Waals surface area contributed by atoms with E-state index in [0.29, 0.717) is 5.92 Å². The van der Waals surface area contributed by atoms with Crippen LogP contribution in [0.1, 0.15) is 44.7 Å². The van der Waals surface area contributed by atoms with Crippen molar-refractivity contribution in [1.29, 1.82) is 0 Å². The van der Waals surface area contributed by atoms with E-state index in [-0.39, 0.29) is 0 Å². The molecule has 4 aliphatic rings. The van der Waals surface area contributed by atoms with Gasteiger partial charge in [-0.3, -0.25) is 0 Å². The number of hydrogen-bond acceptors (Lipinski definition) is 2. The molecule has 20 heavy (non-hydrogen) atoms. The number of hydrogen-bond donors (Lipinski definition) is 1. The number of rotatable bonds is 3. The van der Waals surface area contributed by atoms with Crippen LogP contribution in [-0.4, -0.2) is 9.78 Å². The van der Waals surface area contributed by atoms with Gasteiger partial charge in [-0.15, -0.1) is 0 Å². The van der Waals surface area contributed by atoms with Crippen LogP contribution in [-0.2, 0) is 6.54 Å². The van der Waals surface area contributed by atoms with E-state index >= 15 is 0 Å². The van der Waals surface area contributed by atoms with Gasteiger partial charge in [-0.25, -0.2) is 4.68 Å². The van der Waals surface area contributed by atoms with Gasteiger partial charge >= 0.3 is 0 Å². The van der Waals surface area contributed by atoms with E-state index in [1.165, 1.54) is 25.7 Å². The number of aromatic nitrogens is 2. The summed E-state index contributed by atoms with van der Waals surface area (Å²) in [5, 5.41) is 4.55. The summed E-state index contributed by atoms with van der Waals surface area (Å²) >= 11 is 0. The average molecular weight is 273 g/mol. The zero-order valence-corrected chi connectivity index (χ0v) is 12.8. The third-order valence-corrected chi connectivity index (χ3v) is 6.35. The van der Waals surface area contributed by atoms with Gasteiger partial charge in [0.05, 0.1) is 5.69 Å². The molecule has 0 radical (unpaired) electrons. The molecule has 2 N–H and O–H groups in total. The third-order valence-electron chi connectivity index (χ3n) is 6.35. The van der Waals surface area contributed by atoms with Crippen LogP contribution in [0.3, 0.4) is 0 Å². The highest BCUT2D eigenvalue weighted by Gasteiger charge is 2.49. The molecule has 1 heterocycles. The molecule has 3 nitrogen and oxygen atoms in total. The number of nitrogens with zero attached hydrogens (tertiary/aromatic N) is 2. The lowest BCUT2D eigenvalue weighted by molar-refractivity contribution is -0.0614. The minimum Gasteiger partial charge on any atom is -0.384 e. The Morgan fingerprint density at radius 3 is 2.30 bits per heavy atom. The lowest BCUT2D eigenvalue weighted by atomic mass is 9.50. The van der Waals surface area contributed by atoms with Gasteiger partial charge in [-0.1, -0.05) is 6.92 Å². The van der Waals surface area contributed by atoms with Gasteiger partial charge in [-0.2, -0.15) is 5.10 Å². The summed E-state index contributed by atoms with van der Waals surface area (Å²) < 4.78 is 2.03. The molecule has 110 valence electrons. The fourth-order valence-corrected chi connectivity index (χ4v) is 6.00. The second-order valence-electron chi connectivity index (χ2n) is 7.88. The molecular formula is C17H27N3. The van der Waals surface area contributed by atoms with Gasteiger partial charge in [0.1, 0.15) is 5.82 Å². The summed E-state index contributed by atoms with van der Waals surface area (Å²) in [4.78, 5) is 0. The first kappa shape index (κ1) is 12.7. The molecule has 3 heteroatoms. The second kappa shape index (κ2) is 4.51. The van der Waals surface area contributed by atoms with Crippen LogP contribution in [0.15, 0.2) is 6.07 Å². The van der Waals surface area contributed by atoms with E-state index in [0.717, 1.165) is 47.6 Å². The molecule has 1 aromatic rings. The van der Waals surface area contributed by atoms with Crippen LogP contribution in [0, 0.1) is 42.4 Å². The molecule has 4 bridgehead atoms. The van der Waals surface area contributed by atoms with Gasteiger partial charge in [-0.05, 0) is 74.5 Å². The molecule has 0 amide bonds. The van der Waals surface area contributed by atoms with Crippen molar-refractivity contribution in [3.8, 4) is 0 Å². The Kier molecular flexibility index (Phi) is 2.87. The Labute approximate surface area is 121 Å². The van der Waals surface area contributed by atoms with E-state index in [1.807, 2.05) is 17.7 Å². The number of anilines is 1. The molecule has 0 aromatic carbocycles. The van der Waals surface area contributed by atoms with Crippen LogP contribution in [0.2, 0.25) is 0 Å². The molecule has 4 saturated carbocycles. The van der Waals surface area contributed by atoms with Crippen molar-refractivity contribution in [2.75, 3.05) is 5.73 Å². The zero-order chi connectivity index (χ0) is 13.9. The maximum atomic E-state index is 6.06. The minimum absolute atomic E-state index is 0.714. The summed E-state index contributed by atoms with van der Waals surface area (Å²) in [6.45, 7) is 5.47. The predicted octanol–water partition coefficient (Wildman–Crippen LogP) is 3.48. The van der Waals surface area contributed by atoms with Crippen molar-refractivity contribution in [3.05, 3.63) is 11.8 Å². The minimum atomic E-state index is 0.714. The van der Waals surface area contributed by atoms with Gasteiger partial charge in [0.15, 0.2) is 0 Å². The highest BCUT2D eigenvalue weighted by atomic mass is 15.3. The van der Waals surface area contributed by atoms with Crippen molar-refractivity contribution in [2.45, 2.75) is 52.5 Å². The first-order valence-corrected chi connectivity index (χ1v) is 8.40. The monoisotopic (exact) mass is 273 g/mol. The van der Waals surface area contributed by atoms with Crippen LogP contribution >= 0.6 is 0 Å². The summed E-state index contributed by atoms with van der Waals surface area (Å²) in [5.74, 6) is 6.60. The van der Waals surface area contributed by atoms with E-state index in [9.17, 15) is 0 Å². The molecule has 0 saturated heterocycles. The molecular weight excluding hydrogens is 246 g/mol. The van der Waals surface area contributed by atoms with Crippen LogP contribution in [0.5, 0.6) is 0 Å². The van der Waals surface area contributed by atoms with Crippen molar-refractivity contribution in [1.82, 2.24) is 9.78 Å². The molecule has 0 aliphatic heterocycles. The first-order chi connectivity index (χ1) is 9.60. The van der Waals surface area contributed by atoms with E-state index < -0.39 is 0 Å². The van der Waals surface area contributed by atoms with Gasteiger partial charge in [0, 0.05) is 12.6 Å². The van der Waals surface area contributed by atoms with Crippen molar-refractivity contribution < 1.29 is 0 Å². The summed E-state index contributed by atoms with van der Waals surface area (Å²) in [5.41, 5.74) is 7.11. The standard InChI is InChI=1S/C17H27N3/c1-10(9-20-16(18)3-11(2)19-20)17-14-5-12-4-13(7-14)8-15(17)6-12/h3,10,12-15,17H,4-9,18H2,1-2H3. The molecule has 1 unspecified atom stereocenters. The van der Waals surface area contributed by atoms with Crippen LogP contribution in [0.4, 0.5) is 5.82 Å². The van der Waals surface area contributed by atoms with Crippen molar-refractivity contribution in [2.24, 2.45) is 35.5 Å². The number of aryl methyl sites for hydroxylation is 1. The normalized spacial score (nSPS) is 40.2. The largest absolute Gasteiger partial charge is 0.384 e. The van der Waals surface area contributed by atoms with Gasteiger partial charge < -0.3 is 5.73 Å². The Morgan fingerprint density at radius 2 is 1.80 bits per heavy atom. The average Bonchev–Trinajstić information content (AvgIpc) is 2.66. The fourth-order valence-electron chi connectivity index (χ4n) is 6.00. The quantitative estimate of drug-likeness (QED) is 0.916. The highest BCUT2D eigenvalue weighted by Crippen LogP contribution is 2.58. The number of nitrogens with two attached hydrogens (primary N) is 1. The Bertz CT molecular complexity index is 476. The second-order valence-corrected chi connectivity index (χ2v) is 7.88. The maximum absolute atomic E-state index is 6.06. The Hall–Kier alpha value is -0.990. The SMILES string of the molecule is Cc1cc(N)n(CC(C)C2C3CC4CC(C3)CC2C4)n1. The molecule has 1 atom stereocenters. The fraction of sp³-hybridized carbons (Fsp3) is 0.824. The molecule has 0 spiro atoms. The van der Waals surface area contributed by atoms with Crippen molar-refractivity contribution >= 4 is 5.82 Å². The van der Waals surface area contributed by atoms with Crippen molar-refractivity contribution in [3.63, 3.8) is 0 Å². The molecule has 4 fully saturated rings. The van der Waals surface area contributed by atoms with Crippen LogP contribution < -0.4 is 5.73 Å². The smallest absolute Gasteiger partial charge is 0.121 e. The van der Waals surface area contributed by atoms with E-state index in [4.69, 9.17) is 5.73 Å². The lowest BCUT2D eigenvalue weighted by Gasteiger charge is -2.56.